The van der Waals surface area contributed by atoms with Gasteiger partial charge in [-0.3, -0.25) is 4.79 Å². The molecule has 5 heteroatoms. The van der Waals surface area contributed by atoms with Crippen molar-refractivity contribution in [3.8, 4) is 22.6 Å². The van der Waals surface area contributed by atoms with E-state index in [1.165, 1.54) is 0 Å². The number of oxazole rings is 1. The Morgan fingerprint density at radius 2 is 1.55 bits per heavy atom. The minimum absolute atomic E-state index is 0.0144. The van der Waals surface area contributed by atoms with Crippen LogP contribution in [0, 0.1) is 0 Å². The van der Waals surface area contributed by atoms with E-state index < -0.39 is 0 Å². The van der Waals surface area contributed by atoms with E-state index in [-0.39, 0.29) is 18.9 Å². The Balaban J connectivity index is 1.45. The zero-order valence-electron chi connectivity index (χ0n) is 17.1. The van der Waals surface area contributed by atoms with Gasteiger partial charge in [0.15, 0.2) is 11.7 Å². The third-order valence-corrected chi connectivity index (χ3v) is 4.98. The van der Waals surface area contributed by atoms with Crippen molar-refractivity contribution in [1.29, 1.82) is 0 Å². The molecular weight excluding hydrogens is 388 g/mol. The fraction of sp³-hybridized carbons (Fsp3) is 0.154. The van der Waals surface area contributed by atoms with Crippen LogP contribution in [0.4, 0.5) is 0 Å². The van der Waals surface area contributed by atoms with Gasteiger partial charge >= 0.3 is 0 Å². The first-order valence-electron chi connectivity index (χ1n) is 10.3. The number of aromatic nitrogens is 1. The SMILES string of the molecule is O=C(CCc1nc(-c2ccccc2)c(-c2ccccc2)o1)NCc1cccc(CO)c1. The smallest absolute Gasteiger partial charge is 0.220 e. The Labute approximate surface area is 181 Å². The summed E-state index contributed by atoms with van der Waals surface area (Å²) in [7, 11) is 0. The van der Waals surface area contributed by atoms with Crippen molar-refractivity contribution in [2.75, 3.05) is 0 Å². The lowest BCUT2D eigenvalue weighted by atomic mass is 10.1. The molecule has 0 aliphatic heterocycles. The monoisotopic (exact) mass is 412 g/mol. The van der Waals surface area contributed by atoms with Crippen LogP contribution in [0.2, 0.25) is 0 Å². The Hall–Kier alpha value is -3.70. The van der Waals surface area contributed by atoms with E-state index in [0.717, 1.165) is 27.9 Å². The molecule has 31 heavy (non-hydrogen) atoms. The Morgan fingerprint density at radius 3 is 2.26 bits per heavy atom. The number of aliphatic hydroxyl groups excluding tert-OH is 1. The van der Waals surface area contributed by atoms with E-state index >= 15 is 0 Å². The fourth-order valence-corrected chi connectivity index (χ4v) is 3.40. The molecule has 0 atom stereocenters. The summed E-state index contributed by atoms with van der Waals surface area (Å²) in [5.41, 5.74) is 4.49. The topological polar surface area (TPSA) is 75.4 Å². The highest BCUT2D eigenvalue weighted by atomic mass is 16.4. The van der Waals surface area contributed by atoms with E-state index in [9.17, 15) is 9.90 Å². The predicted octanol–water partition coefficient (Wildman–Crippen LogP) is 4.75. The number of rotatable bonds is 8. The summed E-state index contributed by atoms with van der Waals surface area (Å²) in [5.74, 6) is 1.17. The number of amides is 1. The van der Waals surface area contributed by atoms with Gasteiger partial charge in [-0.1, -0.05) is 84.9 Å². The lowest BCUT2D eigenvalue weighted by Crippen LogP contribution is -2.23. The molecular formula is C26H24N2O3. The van der Waals surface area contributed by atoms with Crippen LogP contribution in [-0.4, -0.2) is 16.0 Å². The van der Waals surface area contributed by atoms with Gasteiger partial charge < -0.3 is 14.8 Å². The molecule has 156 valence electrons. The van der Waals surface area contributed by atoms with Crippen molar-refractivity contribution in [3.63, 3.8) is 0 Å². The van der Waals surface area contributed by atoms with Gasteiger partial charge in [-0.2, -0.15) is 0 Å². The molecule has 0 saturated heterocycles. The predicted molar refractivity (Wildman–Crippen MR) is 120 cm³/mol. The van der Waals surface area contributed by atoms with Gasteiger partial charge in [0, 0.05) is 30.5 Å². The molecule has 0 aliphatic carbocycles. The molecule has 0 fully saturated rings. The number of hydrogen-bond acceptors (Lipinski definition) is 4. The van der Waals surface area contributed by atoms with Gasteiger partial charge in [0.25, 0.3) is 0 Å². The first kappa shape index (κ1) is 20.6. The molecule has 5 nitrogen and oxygen atoms in total. The highest BCUT2D eigenvalue weighted by Gasteiger charge is 2.17. The number of carbonyl (C=O) groups is 1. The summed E-state index contributed by atoms with van der Waals surface area (Å²) < 4.78 is 6.08. The number of hydrogen-bond donors (Lipinski definition) is 2. The second-order valence-electron chi connectivity index (χ2n) is 7.27. The molecule has 0 saturated carbocycles. The lowest BCUT2D eigenvalue weighted by Gasteiger charge is -2.06. The molecule has 0 spiro atoms. The molecule has 1 amide bonds. The number of aliphatic hydroxyl groups is 1. The summed E-state index contributed by atoms with van der Waals surface area (Å²) in [4.78, 5) is 17.0. The fourth-order valence-electron chi connectivity index (χ4n) is 3.40. The van der Waals surface area contributed by atoms with Crippen molar-refractivity contribution >= 4 is 5.91 Å². The van der Waals surface area contributed by atoms with Gasteiger partial charge in [-0.05, 0) is 11.1 Å². The van der Waals surface area contributed by atoms with Crippen LogP contribution in [0.3, 0.4) is 0 Å². The highest BCUT2D eigenvalue weighted by molar-refractivity contribution is 5.77. The number of benzene rings is 3. The van der Waals surface area contributed by atoms with Gasteiger partial charge in [0.1, 0.15) is 5.69 Å². The van der Waals surface area contributed by atoms with Crippen LogP contribution in [0.25, 0.3) is 22.6 Å². The van der Waals surface area contributed by atoms with Crippen molar-refractivity contribution in [1.82, 2.24) is 10.3 Å². The Bertz CT molecular complexity index is 1080. The lowest BCUT2D eigenvalue weighted by molar-refractivity contribution is -0.121. The van der Waals surface area contributed by atoms with Crippen LogP contribution >= 0.6 is 0 Å². The average Bonchev–Trinajstić information content (AvgIpc) is 3.27. The second-order valence-corrected chi connectivity index (χ2v) is 7.27. The summed E-state index contributed by atoms with van der Waals surface area (Å²) in [6.45, 7) is 0.405. The zero-order valence-corrected chi connectivity index (χ0v) is 17.1. The highest BCUT2D eigenvalue weighted by Crippen LogP contribution is 2.32. The maximum absolute atomic E-state index is 12.3. The normalized spacial score (nSPS) is 10.7. The molecule has 0 unspecified atom stereocenters. The summed E-state index contributed by atoms with van der Waals surface area (Å²) in [5, 5.41) is 12.1. The number of nitrogens with one attached hydrogen (secondary N) is 1. The molecule has 2 N–H and O–H groups in total. The van der Waals surface area contributed by atoms with E-state index in [0.29, 0.717) is 24.6 Å². The van der Waals surface area contributed by atoms with Crippen molar-refractivity contribution in [2.24, 2.45) is 0 Å². The third-order valence-electron chi connectivity index (χ3n) is 4.98. The van der Waals surface area contributed by atoms with E-state index in [2.05, 4.69) is 5.32 Å². The molecule has 4 aromatic rings. The number of aryl methyl sites for hydroxylation is 1. The molecule has 3 aromatic carbocycles. The quantitative estimate of drug-likeness (QED) is 0.438. The molecule has 1 heterocycles. The van der Waals surface area contributed by atoms with Gasteiger partial charge in [0.2, 0.25) is 5.91 Å². The molecule has 0 radical (unpaired) electrons. The van der Waals surface area contributed by atoms with Gasteiger partial charge in [-0.15, -0.1) is 0 Å². The first-order chi connectivity index (χ1) is 15.2. The van der Waals surface area contributed by atoms with E-state index in [4.69, 9.17) is 9.40 Å². The number of carbonyl (C=O) groups excluding carboxylic acids is 1. The number of nitrogens with zero attached hydrogens (tertiary/aromatic N) is 1. The summed E-state index contributed by atoms with van der Waals surface area (Å²) in [6.07, 6.45) is 0.692. The maximum Gasteiger partial charge on any atom is 0.220 e. The van der Waals surface area contributed by atoms with Crippen LogP contribution in [0.15, 0.2) is 89.3 Å². The minimum Gasteiger partial charge on any atom is -0.440 e. The van der Waals surface area contributed by atoms with Gasteiger partial charge in [-0.25, -0.2) is 4.98 Å². The second kappa shape index (κ2) is 9.87. The zero-order chi connectivity index (χ0) is 21.5. The van der Waals surface area contributed by atoms with Crippen LogP contribution < -0.4 is 5.32 Å². The van der Waals surface area contributed by atoms with Crippen molar-refractivity contribution in [2.45, 2.75) is 26.0 Å². The maximum atomic E-state index is 12.3. The van der Waals surface area contributed by atoms with E-state index in [1.807, 2.05) is 84.9 Å². The third kappa shape index (κ3) is 5.27. The largest absolute Gasteiger partial charge is 0.440 e. The standard InChI is InChI=1S/C26H24N2O3/c29-18-20-9-7-8-19(16-20)17-27-23(30)14-15-24-28-25(21-10-3-1-4-11-21)26(31-24)22-12-5-2-6-13-22/h1-13,16,29H,14-15,17-18H2,(H,27,30). The van der Waals surface area contributed by atoms with E-state index in [1.54, 1.807) is 0 Å². The van der Waals surface area contributed by atoms with Crippen molar-refractivity contribution in [3.05, 3.63) is 102 Å². The average molecular weight is 412 g/mol. The Kier molecular flexibility index (Phi) is 6.55. The van der Waals surface area contributed by atoms with Crippen LogP contribution in [0.5, 0.6) is 0 Å². The van der Waals surface area contributed by atoms with Gasteiger partial charge in [0.05, 0.1) is 6.61 Å². The summed E-state index contributed by atoms with van der Waals surface area (Å²) in [6, 6.07) is 27.3. The molecule has 1 aromatic heterocycles. The summed E-state index contributed by atoms with van der Waals surface area (Å²) >= 11 is 0. The first-order valence-corrected chi connectivity index (χ1v) is 10.3. The van der Waals surface area contributed by atoms with Crippen LogP contribution in [-0.2, 0) is 24.4 Å². The van der Waals surface area contributed by atoms with Crippen LogP contribution in [0.1, 0.15) is 23.4 Å². The minimum atomic E-state index is -0.0740. The van der Waals surface area contributed by atoms with Crippen molar-refractivity contribution < 1.29 is 14.3 Å². The molecule has 4 rings (SSSR count). The Morgan fingerprint density at radius 1 is 0.871 bits per heavy atom. The molecule has 0 bridgehead atoms. The molecule has 0 aliphatic rings.